The number of methoxy groups -OCH3 is 1. The van der Waals surface area contributed by atoms with Crippen molar-refractivity contribution in [1.82, 2.24) is 10.3 Å². The Morgan fingerprint density at radius 3 is 2.95 bits per heavy atom. The molecule has 2 aliphatic rings. The molecule has 1 saturated carbocycles. The van der Waals surface area contributed by atoms with Crippen LogP contribution in [0.5, 0.6) is 0 Å². The Hall–Kier alpha value is -0.980. The van der Waals surface area contributed by atoms with Crippen LogP contribution in [0.4, 0.5) is 0 Å². The highest BCUT2D eigenvalue weighted by Crippen LogP contribution is 2.30. The molecule has 1 aromatic heterocycles. The van der Waals surface area contributed by atoms with Crippen molar-refractivity contribution in [3.63, 3.8) is 0 Å². The molecule has 5 nitrogen and oxygen atoms in total. The number of hydrogen-bond donors (Lipinski definition) is 1. The second-order valence-electron chi connectivity index (χ2n) is 6.06. The van der Waals surface area contributed by atoms with Crippen LogP contribution in [0.3, 0.4) is 0 Å². The summed E-state index contributed by atoms with van der Waals surface area (Å²) in [6, 6.07) is 0.0906. The van der Waals surface area contributed by atoms with Crippen molar-refractivity contribution in [3.05, 3.63) is 16.1 Å². The van der Waals surface area contributed by atoms with E-state index in [9.17, 15) is 4.79 Å². The molecule has 0 radical (unpaired) electrons. The summed E-state index contributed by atoms with van der Waals surface area (Å²) in [5.41, 5.74) is 0.509. The lowest BCUT2D eigenvalue weighted by atomic mass is 10.1. The number of thiazole rings is 1. The topological polar surface area (TPSA) is 60.5 Å². The van der Waals surface area contributed by atoms with Crippen LogP contribution < -0.4 is 5.32 Å². The molecule has 1 aromatic rings. The molecule has 3 atom stereocenters. The van der Waals surface area contributed by atoms with Crippen LogP contribution in [0.2, 0.25) is 0 Å². The van der Waals surface area contributed by atoms with Crippen molar-refractivity contribution in [2.45, 2.75) is 63.2 Å². The molecule has 0 spiro atoms. The Balaban J connectivity index is 1.63. The average molecular weight is 324 g/mol. The van der Waals surface area contributed by atoms with Crippen molar-refractivity contribution in [3.8, 4) is 0 Å². The van der Waals surface area contributed by atoms with E-state index in [2.05, 4.69) is 10.3 Å². The van der Waals surface area contributed by atoms with E-state index >= 15 is 0 Å². The summed E-state index contributed by atoms with van der Waals surface area (Å²) in [7, 11) is 1.73. The number of carbonyl (C=O) groups is 1. The van der Waals surface area contributed by atoms with Crippen molar-refractivity contribution in [2.24, 2.45) is 0 Å². The van der Waals surface area contributed by atoms with Crippen molar-refractivity contribution >= 4 is 17.2 Å². The zero-order valence-corrected chi connectivity index (χ0v) is 13.9. The van der Waals surface area contributed by atoms with Gasteiger partial charge in [-0.05, 0) is 25.7 Å². The molecule has 2 heterocycles. The fraction of sp³-hybridized carbons (Fsp3) is 0.750. The molecular formula is C16H24N2O3S. The highest BCUT2D eigenvalue weighted by molar-refractivity contribution is 7.09. The minimum Gasteiger partial charge on any atom is -0.379 e. The third kappa shape index (κ3) is 3.67. The van der Waals surface area contributed by atoms with Gasteiger partial charge in [-0.15, -0.1) is 11.3 Å². The summed E-state index contributed by atoms with van der Waals surface area (Å²) in [6.07, 6.45) is 7.79. The van der Waals surface area contributed by atoms with Crippen LogP contribution in [0.25, 0.3) is 0 Å². The second kappa shape index (κ2) is 7.53. The van der Waals surface area contributed by atoms with Gasteiger partial charge in [0, 0.05) is 19.1 Å². The van der Waals surface area contributed by atoms with E-state index < -0.39 is 0 Å². The van der Waals surface area contributed by atoms with E-state index in [1.165, 1.54) is 24.2 Å². The number of hydrogen-bond acceptors (Lipinski definition) is 5. The standard InChI is InChI=1S/C16H24N2O3S/c1-20-13-7-4-2-3-6-11(13)17-15(19)12-10-22-16(18-12)14-8-5-9-21-14/h10-11,13-14H,2-9H2,1H3,(H,17,19)/t11-,13+,14-/m0/s1. The predicted octanol–water partition coefficient (Wildman–Crippen LogP) is 3.07. The van der Waals surface area contributed by atoms with Gasteiger partial charge in [0.2, 0.25) is 0 Å². The van der Waals surface area contributed by atoms with Gasteiger partial charge in [0.15, 0.2) is 0 Å². The number of nitrogens with zero attached hydrogens (tertiary/aromatic N) is 1. The Morgan fingerprint density at radius 1 is 1.32 bits per heavy atom. The Morgan fingerprint density at radius 2 is 2.18 bits per heavy atom. The first-order chi connectivity index (χ1) is 10.8. The minimum atomic E-state index is -0.0885. The monoisotopic (exact) mass is 324 g/mol. The fourth-order valence-corrected chi connectivity index (χ4v) is 4.16. The summed E-state index contributed by atoms with van der Waals surface area (Å²) in [4.78, 5) is 16.9. The summed E-state index contributed by atoms with van der Waals surface area (Å²) < 4.78 is 11.2. The molecule has 1 amide bonds. The lowest BCUT2D eigenvalue weighted by Gasteiger charge is -2.24. The molecule has 122 valence electrons. The molecule has 1 N–H and O–H groups in total. The lowest BCUT2D eigenvalue weighted by Crippen LogP contribution is -2.43. The highest BCUT2D eigenvalue weighted by atomic mass is 32.1. The van der Waals surface area contributed by atoms with Crippen molar-refractivity contribution < 1.29 is 14.3 Å². The first kappa shape index (κ1) is 15.9. The number of nitrogens with one attached hydrogen (secondary N) is 1. The van der Waals surface area contributed by atoms with Crippen LogP contribution in [-0.4, -0.2) is 36.8 Å². The highest BCUT2D eigenvalue weighted by Gasteiger charge is 2.27. The van der Waals surface area contributed by atoms with E-state index in [0.717, 1.165) is 43.7 Å². The molecule has 0 aromatic carbocycles. The molecule has 0 bridgehead atoms. The minimum absolute atomic E-state index is 0.0798. The van der Waals surface area contributed by atoms with E-state index in [4.69, 9.17) is 9.47 Å². The Kier molecular flexibility index (Phi) is 5.44. The number of amides is 1. The molecule has 6 heteroatoms. The number of aromatic nitrogens is 1. The Bertz CT molecular complexity index is 499. The molecule has 2 fully saturated rings. The molecule has 22 heavy (non-hydrogen) atoms. The SMILES string of the molecule is CO[C@@H]1CCCCC[C@@H]1NC(=O)c1csc([C@@H]2CCCO2)n1. The fourth-order valence-electron chi connectivity index (χ4n) is 3.28. The maximum atomic E-state index is 12.5. The van der Waals surface area contributed by atoms with Gasteiger partial charge in [0.1, 0.15) is 16.8 Å². The number of rotatable bonds is 4. The van der Waals surface area contributed by atoms with E-state index in [1.807, 2.05) is 5.38 Å². The maximum Gasteiger partial charge on any atom is 0.271 e. The van der Waals surface area contributed by atoms with Gasteiger partial charge in [-0.25, -0.2) is 4.98 Å². The average Bonchev–Trinajstić information content (AvgIpc) is 3.16. The van der Waals surface area contributed by atoms with E-state index in [0.29, 0.717) is 5.69 Å². The first-order valence-electron chi connectivity index (χ1n) is 8.18. The van der Waals surface area contributed by atoms with Gasteiger partial charge >= 0.3 is 0 Å². The third-order valence-corrected chi connectivity index (χ3v) is 5.47. The summed E-state index contributed by atoms with van der Waals surface area (Å²) >= 11 is 1.52. The predicted molar refractivity (Wildman–Crippen MR) is 85.2 cm³/mol. The molecule has 3 rings (SSSR count). The quantitative estimate of drug-likeness (QED) is 0.865. The van der Waals surface area contributed by atoms with Gasteiger partial charge < -0.3 is 14.8 Å². The van der Waals surface area contributed by atoms with Gasteiger partial charge in [-0.3, -0.25) is 4.79 Å². The molecular weight excluding hydrogens is 300 g/mol. The van der Waals surface area contributed by atoms with E-state index in [1.54, 1.807) is 7.11 Å². The van der Waals surface area contributed by atoms with Crippen molar-refractivity contribution in [2.75, 3.05) is 13.7 Å². The zero-order chi connectivity index (χ0) is 15.4. The van der Waals surface area contributed by atoms with Crippen LogP contribution in [-0.2, 0) is 9.47 Å². The van der Waals surface area contributed by atoms with Gasteiger partial charge in [-0.2, -0.15) is 0 Å². The van der Waals surface area contributed by atoms with Gasteiger partial charge in [0.05, 0.1) is 12.1 Å². The summed E-state index contributed by atoms with van der Waals surface area (Å²) in [6.45, 7) is 0.795. The summed E-state index contributed by atoms with van der Waals surface area (Å²) in [5, 5.41) is 5.88. The molecule has 1 aliphatic carbocycles. The normalized spacial score (nSPS) is 29.2. The van der Waals surface area contributed by atoms with Crippen LogP contribution >= 0.6 is 11.3 Å². The first-order valence-corrected chi connectivity index (χ1v) is 9.06. The largest absolute Gasteiger partial charge is 0.379 e. The van der Waals surface area contributed by atoms with Crippen molar-refractivity contribution in [1.29, 1.82) is 0 Å². The lowest BCUT2D eigenvalue weighted by molar-refractivity contribution is 0.0566. The second-order valence-corrected chi connectivity index (χ2v) is 6.95. The molecule has 1 saturated heterocycles. The third-order valence-electron chi connectivity index (χ3n) is 4.53. The molecule has 1 aliphatic heterocycles. The number of ether oxygens (including phenoxy) is 2. The zero-order valence-electron chi connectivity index (χ0n) is 13.0. The number of carbonyl (C=O) groups excluding carboxylic acids is 1. The Labute approximate surface area is 135 Å². The van der Waals surface area contributed by atoms with Crippen LogP contribution in [0.15, 0.2) is 5.38 Å². The maximum absolute atomic E-state index is 12.5. The summed E-state index contributed by atoms with van der Waals surface area (Å²) in [5.74, 6) is -0.0885. The van der Waals surface area contributed by atoms with E-state index in [-0.39, 0.29) is 24.2 Å². The van der Waals surface area contributed by atoms with Crippen LogP contribution in [0.1, 0.15) is 66.5 Å². The molecule has 0 unspecified atom stereocenters. The van der Waals surface area contributed by atoms with Crippen LogP contribution in [0, 0.1) is 0 Å². The smallest absolute Gasteiger partial charge is 0.271 e. The van der Waals surface area contributed by atoms with Gasteiger partial charge in [0.25, 0.3) is 5.91 Å². The van der Waals surface area contributed by atoms with Gasteiger partial charge in [-0.1, -0.05) is 19.3 Å².